The topological polar surface area (TPSA) is 38.7 Å². The lowest BCUT2D eigenvalue weighted by molar-refractivity contribution is -0.432. The van der Waals surface area contributed by atoms with Gasteiger partial charge in [0.2, 0.25) is 0 Å². The van der Waals surface area contributed by atoms with Crippen molar-refractivity contribution >= 4 is 23.8 Å². The van der Waals surface area contributed by atoms with E-state index in [4.69, 9.17) is 5.26 Å². The summed E-state index contributed by atoms with van der Waals surface area (Å²) in [6.07, 6.45) is 12.4. The van der Waals surface area contributed by atoms with Gasteiger partial charge in [-0.05, 0) is 24.3 Å². The summed E-state index contributed by atoms with van der Waals surface area (Å²) in [4.78, 5) is 0.220. The molecule has 0 amide bonds. The monoisotopic (exact) mass is 394 g/mol. The van der Waals surface area contributed by atoms with E-state index in [2.05, 4.69) is 16.3 Å². The molecule has 0 spiro atoms. The number of hydrogen-bond donors (Lipinski definition) is 1. The van der Waals surface area contributed by atoms with Crippen LogP contribution in [0.5, 0.6) is 0 Å². The van der Waals surface area contributed by atoms with Gasteiger partial charge in [-0.1, -0.05) is 69.7 Å². The van der Waals surface area contributed by atoms with Gasteiger partial charge in [0, 0.05) is 4.90 Å². The van der Waals surface area contributed by atoms with E-state index in [0.29, 0.717) is 17.8 Å². The molecular formula is C18H28F2O3S2. The van der Waals surface area contributed by atoms with E-state index in [1.807, 2.05) is 0 Å². The Balaban J connectivity index is 2.13. The van der Waals surface area contributed by atoms with Gasteiger partial charge >= 0.3 is 0 Å². The van der Waals surface area contributed by atoms with Crippen LogP contribution in [0, 0.1) is 11.6 Å². The minimum atomic E-state index is -0.624. The molecule has 0 aliphatic carbocycles. The second kappa shape index (κ2) is 14.8. The minimum Gasteiger partial charge on any atom is -0.220 e. The zero-order valence-electron chi connectivity index (χ0n) is 14.8. The second-order valence-electron chi connectivity index (χ2n) is 5.97. The first-order valence-electron chi connectivity index (χ1n) is 8.95. The summed E-state index contributed by atoms with van der Waals surface area (Å²) < 4.78 is 32.0. The van der Waals surface area contributed by atoms with Crippen LogP contribution in [0.3, 0.4) is 0 Å². The second-order valence-corrected chi connectivity index (χ2v) is 7.85. The van der Waals surface area contributed by atoms with Gasteiger partial charge < -0.3 is 0 Å². The van der Waals surface area contributed by atoms with E-state index in [1.54, 1.807) is 0 Å². The van der Waals surface area contributed by atoms with Crippen molar-refractivity contribution in [1.82, 2.24) is 0 Å². The van der Waals surface area contributed by atoms with E-state index < -0.39 is 11.6 Å². The zero-order chi connectivity index (χ0) is 18.3. The van der Waals surface area contributed by atoms with Crippen molar-refractivity contribution < 1.29 is 23.4 Å². The molecule has 1 aromatic rings. The number of unbranched alkanes of at least 4 members (excludes halogenated alkanes) is 9. The summed E-state index contributed by atoms with van der Waals surface area (Å²) in [5.74, 6) is -0.546. The Hall–Kier alpha value is -0.340. The smallest absolute Gasteiger partial charge is 0.140 e. The van der Waals surface area contributed by atoms with Crippen LogP contribution in [0.25, 0.3) is 0 Å². The van der Waals surface area contributed by atoms with Crippen LogP contribution in [0.2, 0.25) is 0 Å². The van der Waals surface area contributed by atoms with Gasteiger partial charge in [0.1, 0.15) is 11.6 Å². The van der Waals surface area contributed by atoms with Crippen molar-refractivity contribution in [2.45, 2.75) is 80.9 Å². The molecule has 1 rings (SSSR count). The molecule has 0 heterocycles. The summed E-state index contributed by atoms with van der Waals surface area (Å²) in [6.45, 7) is 2.23. The largest absolute Gasteiger partial charge is 0.220 e. The third-order valence-corrected chi connectivity index (χ3v) is 5.61. The molecule has 0 radical (unpaired) electrons. The maximum absolute atomic E-state index is 13.9. The van der Waals surface area contributed by atoms with Gasteiger partial charge in [0.25, 0.3) is 0 Å². The Morgan fingerprint density at radius 2 is 1.40 bits per heavy atom. The lowest BCUT2D eigenvalue weighted by Crippen LogP contribution is -1.92. The van der Waals surface area contributed by atoms with Crippen LogP contribution in [0.1, 0.15) is 71.1 Å². The first kappa shape index (κ1) is 22.7. The molecule has 3 nitrogen and oxygen atoms in total. The summed E-state index contributed by atoms with van der Waals surface area (Å²) in [5.41, 5.74) is 0. The molecule has 0 saturated carbocycles. The highest BCUT2D eigenvalue weighted by molar-refractivity contribution is 7.99. The third-order valence-electron chi connectivity index (χ3n) is 3.88. The van der Waals surface area contributed by atoms with Crippen LogP contribution >= 0.6 is 23.8 Å². The van der Waals surface area contributed by atoms with Crippen LogP contribution in [0.4, 0.5) is 8.78 Å². The normalized spacial score (nSPS) is 11.2. The summed E-state index contributed by atoms with van der Waals surface area (Å²) in [5, 5.41) is 11.5. The number of hydrogen-bond acceptors (Lipinski definition) is 5. The fraction of sp³-hybridized carbons (Fsp3) is 0.667. The highest BCUT2D eigenvalue weighted by Crippen LogP contribution is 2.31. The van der Waals surface area contributed by atoms with Crippen LogP contribution in [0.15, 0.2) is 21.9 Å². The van der Waals surface area contributed by atoms with Crippen molar-refractivity contribution in [3.8, 4) is 0 Å². The Kier molecular flexibility index (Phi) is 13.4. The highest BCUT2D eigenvalue weighted by atomic mass is 32.2. The average molecular weight is 395 g/mol. The van der Waals surface area contributed by atoms with E-state index >= 15 is 0 Å². The Labute approximate surface area is 157 Å². The van der Waals surface area contributed by atoms with Gasteiger partial charge in [0.15, 0.2) is 0 Å². The van der Waals surface area contributed by atoms with Crippen molar-refractivity contribution in [2.24, 2.45) is 0 Å². The Bertz CT molecular complexity index is 453. The minimum absolute atomic E-state index is 0.0326. The molecule has 0 unspecified atom stereocenters. The van der Waals surface area contributed by atoms with Crippen LogP contribution < -0.4 is 0 Å². The number of benzene rings is 1. The molecule has 0 atom stereocenters. The molecule has 0 aliphatic heterocycles. The molecule has 0 saturated heterocycles. The summed E-state index contributed by atoms with van der Waals surface area (Å²) in [6, 6.07) is 2.32. The Morgan fingerprint density at radius 1 is 0.880 bits per heavy atom. The maximum Gasteiger partial charge on any atom is 0.140 e. The van der Waals surface area contributed by atoms with Gasteiger partial charge in [-0.15, -0.1) is 16.1 Å². The van der Waals surface area contributed by atoms with Crippen molar-refractivity contribution in [1.29, 1.82) is 0 Å². The lowest BCUT2D eigenvalue weighted by Gasteiger charge is -2.07. The fourth-order valence-corrected chi connectivity index (χ4v) is 3.90. The van der Waals surface area contributed by atoms with Gasteiger partial charge in [0.05, 0.1) is 16.9 Å². The molecule has 144 valence electrons. The number of rotatable bonds is 15. The molecule has 25 heavy (non-hydrogen) atoms. The SMILES string of the molecule is CCCCCCCCCCCCSc1c(F)cc(SOOO)cc1F. The predicted molar refractivity (Wildman–Crippen MR) is 99.6 cm³/mol. The third kappa shape index (κ3) is 10.4. The molecule has 1 aromatic carbocycles. The lowest BCUT2D eigenvalue weighted by atomic mass is 10.1. The van der Waals surface area contributed by atoms with Crippen LogP contribution in [-0.2, 0) is 9.37 Å². The Morgan fingerprint density at radius 3 is 1.92 bits per heavy atom. The average Bonchev–Trinajstić information content (AvgIpc) is 2.59. The summed E-state index contributed by atoms with van der Waals surface area (Å²) in [7, 11) is 0. The van der Waals surface area contributed by atoms with Crippen LogP contribution in [-0.4, -0.2) is 11.0 Å². The zero-order valence-corrected chi connectivity index (χ0v) is 16.4. The summed E-state index contributed by atoms with van der Waals surface area (Å²) >= 11 is 1.74. The first-order chi connectivity index (χ1) is 12.2. The number of halogens is 2. The van der Waals surface area contributed by atoms with Crippen molar-refractivity contribution in [2.75, 3.05) is 5.75 Å². The van der Waals surface area contributed by atoms with Crippen molar-refractivity contribution in [3.05, 3.63) is 23.8 Å². The molecule has 0 aromatic heterocycles. The number of thioether (sulfide) groups is 1. The quantitative estimate of drug-likeness (QED) is 0.110. The fourth-order valence-electron chi connectivity index (χ4n) is 2.54. The first-order valence-corrected chi connectivity index (χ1v) is 10.7. The molecule has 0 aliphatic rings. The van der Waals surface area contributed by atoms with Gasteiger partial charge in [-0.3, -0.25) is 0 Å². The maximum atomic E-state index is 13.9. The molecule has 1 N–H and O–H groups in total. The van der Waals surface area contributed by atoms with E-state index in [9.17, 15) is 8.78 Å². The standard InChI is InChI=1S/C18H28F2O3S2/c1-2-3-4-5-6-7-8-9-10-11-12-24-18-16(19)13-15(14-17(18)20)25-23-22-21/h13-14,21H,2-12H2,1H3. The molecule has 7 heteroatoms. The van der Waals surface area contributed by atoms with Crippen molar-refractivity contribution in [3.63, 3.8) is 0 Å². The molecular weight excluding hydrogens is 366 g/mol. The van der Waals surface area contributed by atoms with E-state index in [0.717, 1.165) is 25.0 Å². The van der Waals surface area contributed by atoms with E-state index in [-0.39, 0.29) is 9.79 Å². The van der Waals surface area contributed by atoms with Gasteiger partial charge in [-0.2, -0.15) is 0 Å². The highest BCUT2D eigenvalue weighted by Gasteiger charge is 2.12. The van der Waals surface area contributed by atoms with E-state index in [1.165, 1.54) is 63.1 Å². The molecule has 0 bridgehead atoms. The molecule has 0 fully saturated rings. The van der Waals surface area contributed by atoms with Gasteiger partial charge in [-0.25, -0.2) is 14.0 Å². The predicted octanol–water partition coefficient (Wildman–Crippen LogP) is 7.41.